The number of hydrogen-bond donors (Lipinski definition) is 1. The van der Waals surface area contributed by atoms with E-state index >= 15 is 0 Å². The maximum absolute atomic E-state index is 13.2. The molecule has 0 radical (unpaired) electrons. The molecule has 33 heavy (non-hydrogen) atoms. The number of amides is 1. The Balaban J connectivity index is 1.63. The molecule has 168 valence electrons. The van der Waals surface area contributed by atoms with Crippen LogP contribution < -0.4 is 10.9 Å². The van der Waals surface area contributed by atoms with Crippen LogP contribution in [0.25, 0.3) is 16.7 Å². The third kappa shape index (κ3) is 5.06. The Kier molecular flexibility index (Phi) is 6.19. The number of pyridine rings is 1. The number of thioether (sulfide) groups is 1. The lowest BCUT2D eigenvalue weighted by Gasteiger charge is -2.13. The van der Waals surface area contributed by atoms with Crippen molar-refractivity contribution in [3.05, 3.63) is 88.3 Å². The van der Waals surface area contributed by atoms with Gasteiger partial charge in [0.25, 0.3) is 5.56 Å². The number of benzene rings is 2. The zero-order chi connectivity index (χ0) is 23.6. The van der Waals surface area contributed by atoms with Gasteiger partial charge in [0.15, 0.2) is 5.16 Å². The second-order valence-electron chi connectivity index (χ2n) is 7.16. The van der Waals surface area contributed by atoms with Crippen LogP contribution in [0.3, 0.4) is 0 Å². The summed E-state index contributed by atoms with van der Waals surface area (Å²) in [5, 5.41) is 3.10. The molecular weight excluding hydrogens is 453 g/mol. The van der Waals surface area contributed by atoms with E-state index in [0.29, 0.717) is 16.7 Å². The van der Waals surface area contributed by atoms with Crippen LogP contribution in [0.15, 0.2) is 76.8 Å². The number of para-hydroxylation sites is 1. The number of aryl methyl sites for hydroxylation is 1. The molecule has 0 bridgehead atoms. The van der Waals surface area contributed by atoms with Crippen LogP contribution in [0, 0.1) is 6.92 Å². The van der Waals surface area contributed by atoms with Gasteiger partial charge in [-0.2, -0.15) is 13.2 Å². The smallest absolute Gasteiger partial charge is 0.325 e. The topological polar surface area (TPSA) is 76.9 Å². The van der Waals surface area contributed by atoms with Crippen LogP contribution in [0.1, 0.15) is 11.1 Å². The summed E-state index contributed by atoms with van der Waals surface area (Å²) >= 11 is 0.991. The molecular formula is C23H17F3N4O2S. The van der Waals surface area contributed by atoms with Crippen LogP contribution >= 0.6 is 11.8 Å². The van der Waals surface area contributed by atoms with Gasteiger partial charge in [-0.05, 0) is 55.0 Å². The average molecular weight is 470 g/mol. The van der Waals surface area contributed by atoms with Gasteiger partial charge in [0, 0.05) is 11.9 Å². The van der Waals surface area contributed by atoms with E-state index in [1.54, 1.807) is 42.6 Å². The molecule has 1 amide bonds. The van der Waals surface area contributed by atoms with Gasteiger partial charge in [0.1, 0.15) is 5.82 Å². The van der Waals surface area contributed by atoms with Crippen molar-refractivity contribution < 1.29 is 18.0 Å². The average Bonchev–Trinajstić information content (AvgIpc) is 2.77. The lowest BCUT2D eigenvalue weighted by Crippen LogP contribution is -2.23. The van der Waals surface area contributed by atoms with E-state index in [-0.39, 0.29) is 22.2 Å². The third-order valence-electron chi connectivity index (χ3n) is 4.68. The fraction of sp³-hybridized carbons (Fsp3) is 0.130. The second kappa shape index (κ2) is 9.07. The summed E-state index contributed by atoms with van der Waals surface area (Å²) in [4.78, 5) is 34.4. The first-order valence-corrected chi connectivity index (χ1v) is 10.8. The molecule has 2 aromatic carbocycles. The highest BCUT2D eigenvalue weighted by molar-refractivity contribution is 7.99. The summed E-state index contributed by atoms with van der Waals surface area (Å²) in [5.74, 6) is -0.350. The zero-order valence-electron chi connectivity index (χ0n) is 17.3. The molecule has 0 aliphatic carbocycles. The minimum Gasteiger partial charge on any atom is -0.325 e. The van der Waals surface area contributed by atoms with Gasteiger partial charge in [-0.15, -0.1) is 0 Å². The van der Waals surface area contributed by atoms with E-state index in [9.17, 15) is 22.8 Å². The SMILES string of the molecule is Cc1ccnc(-n2c(SCC(=O)Nc3cccc(C(F)(F)F)c3)nc3ccccc3c2=O)c1. The molecule has 1 N–H and O–H groups in total. The molecule has 2 heterocycles. The molecule has 4 aromatic rings. The molecule has 0 unspecified atom stereocenters. The number of nitrogens with one attached hydrogen (secondary N) is 1. The standard InChI is InChI=1S/C23H17F3N4O2S/c1-14-9-10-27-19(11-14)30-21(32)17-7-2-3-8-18(17)29-22(30)33-13-20(31)28-16-6-4-5-15(12-16)23(24,25)26/h2-12H,13H2,1H3,(H,28,31). The number of carbonyl (C=O) groups is 1. The van der Waals surface area contributed by atoms with Gasteiger partial charge in [-0.25, -0.2) is 14.5 Å². The third-order valence-corrected chi connectivity index (χ3v) is 5.62. The number of carbonyl (C=O) groups excluding carboxylic acids is 1. The number of hydrogen-bond acceptors (Lipinski definition) is 5. The molecule has 0 atom stereocenters. The predicted molar refractivity (Wildman–Crippen MR) is 121 cm³/mol. The maximum atomic E-state index is 13.2. The van der Waals surface area contributed by atoms with Crippen LogP contribution in [0.2, 0.25) is 0 Å². The first kappa shape index (κ1) is 22.5. The van der Waals surface area contributed by atoms with Crippen LogP contribution in [0.4, 0.5) is 18.9 Å². The number of fused-ring (bicyclic) bond motifs is 1. The molecule has 0 spiro atoms. The number of rotatable bonds is 5. The Morgan fingerprint density at radius 3 is 2.64 bits per heavy atom. The van der Waals surface area contributed by atoms with Crippen molar-refractivity contribution in [2.75, 3.05) is 11.1 Å². The number of anilines is 1. The molecule has 0 aliphatic heterocycles. The Bertz CT molecular complexity index is 1400. The van der Waals surface area contributed by atoms with Gasteiger partial charge in [0.2, 0.25) is 5.91 Å². The maximum Gasteiger partial charge on any atom is 0.416 e. The minimum absolute atomic E-state index is 0.0274. The quantitative estimate of drug-likeness (QED) is 0.334. The van der Waals surface area contributed by atoms with Gasteiger partial charge < -0.3 is 5.32 Å². The Morgan fingerprint density at radius 2 is 1.88 bits per heavy atom. The second-order valence-corrected chi connectivity index (χ2v) is 8.10. The first-order valence-electron chi connectivity index (χ1n) is 9.77. The van der Waals surface area contributed by atoms with E-state index in [1.165, 1.54) is 16.7 Å². The van der Waals surface area contributed by atoms with Crippen molar-refractivity contribution in [2.24, 2.45) is 0 Å². The molecule has 2 aromatic heterocycles. The summed E-state index contributed by atoms with van der Waals surface area (Å²) in [6, 6.07) is 14.7. The van der Waals surface area contributed by atoms with Crippen molar-refractivity contribution in [1.82, 2.24) is 14.5 Å². The molecule has 6 nitrogen and oxygen atoms in total. The zero-order valence-corrected chi connectivity index (χ0v) is 18.1. The van der Waals surface area contributed by atoms with E-state index in [1.807, 2.05) is 6.92 Å². The number of nitrogens with zero attached hydrogens (tertiary/aromatic N) is 3. The lowest BCUT2D eigenvalue weighted by molar-refractivity contribution is -0.137. The molecule has 0 saturated heterocycles. The van der Waals surface area contributed by atoms with Gasteiger partial charge in [-0.1, -0.05) is 30.0 Å². The molecule has 10 heteroatoms. The Morgan fingerprint density at radius 1 is 1.09 bits per heavy atom. The fourth-order valence-electron chi connectivity index (χ4n) is 3.15. The number of halogens is 3. The summed E-state index contributed by atoms with van der Waals surface area (Å²) in [6.07, 6.45) is -2.94. The molecule has 0 aliphatic rings. The van der Waals surface area contributed by atoms with Crippen molar-refractivity contribution in [2.45, 2.75) is 18.3 Å². The van der Waals surface area contributed by atoms with Crippen molar-refractivity contribution in [1.29, 1.82) is 0 Å². The largest absolute Gasteiger partial charge is 0.416 e. The molecule has 0 saturated carbocycles. The minimum atomic E-state index is -4.51. The molecule has 0 fully saturated rings. The summed E-state index contributed by atoms with van der Waals surface area (Å²) < 4.78 is 40.1. The summed E-state index contributed by atoms with van der Waals surface area (Å²) in [7, 11) is 0. The van der Waals surface area contributed by atoms with E-state index in [2.05, 4.69) is 15.3 Å². The normalized spacial score (nSPS) is 11.5. The van der Waals surface area contributed by atoms with Crippen LogP contribution in [-0.2, 0) is 11.0 Å². The van der Waals surface area contributed by atoms with Gasteiger partial charge in [-0.3, -0.25) is 9.59 Å². The highest BCUT2D eigenvalue weighted by Gasteiger charge is 2.30. The number of alkyl halides is 3. The van der Waals surface area contributed by atoms with Crippen molar-refractivity contribution in [3.63, 3.8) is 0 Å². The number of aromatic nitrogens is 3. The summed E-state index contributed by atoms with van der Waals surface area (Å²) in [6.45, 7) is 1.86. The van der Waals surface area contributed by atoms with Crippen molar-refractivity contribution in [3.8, 4) is 5.82 Å². The Hall–Kier alpha value is -3.66. The fourth-order valence-corrected chi connectivity index (χ4v) is 3.95. The van der Waals surface area contributed by atoms with Crippen molar-refractivity contribution >= 4 is 34.3 Å². The van der Waals surface area contributed by atoms with Crippen LogP contribution in [-0.4, -0.2) is 26.2 Å². The highest BCUT2D eigenvalue weighted by Crippen LogP contribution is 2.30. The van der Waals surface area contributed by atoms with E-state index < -0.39 is 17.6 Å². The van der Waals surface area contributed by atoms with Gasteiger partial charge >= 0.3 is 6.18 Å². The van der Waals surface area contributed by atoms with Gasteiger partial charge in [0.05, 0.1) is 22.2 Å². The Labute approximate surface area is 190 Å². The summed E-state index contributed by atoms with van der Waals surface area (Å²) in [5.41, 5.74) is 0.188. The molecule has 4 rings (SSSR count). The monoisotopic (exact) mass is 470 g/mol. The lowest BCUT2D eigenvalue weighted by atomic mass is 10.2. The first-order chi connectivity index (χ1) is 15.7. The van der Waals surface area contributed by atoms with E-state index in [4.69, 9.17) is 0 Å². The van der Waals surface area contributed by atoms with Crippen LogP contribution in [0.5, 0.6) is 0 Å². The van der Waals surface area contributed by atoms with E-state index in [0.717, 1.165) is 29.5 Å². The predicted octanol–water partition coefficient (Wildman–Crippen LogP) is 4.84. The highest BCUT2D eigenvalue weighted by atomic mass is 32.2.